The van der Waals surface area contributed by atoms with E-state index in [2.05, 4.69) is 24.5 Å². The van der Waals surface area contributed by atoms with Gasteiger partial charge in [0.2, 0.25) is 5.91 Å². The summed E-state index contributed by atoms with van der Waals surface area (Å²) >= 11 is 5.29. The topological polar surface area (TPSA) is 58.2 Å². The van der Waals surface area contributed by atoms with Crippen LogP contribution in [-0.4, -0.2) is 23.9 Å². The van der Waals surface area contributed by atoms with Gasteiger partial charge in [-0.05, 0) is 24.7 Å². The molecule has 1 fully saturated rings. The molecule has 0 radical (unpaired) electrons. The van der Waals surface area contributed by atoms with E-state index in [9.17, 15) is 9.59 Å². The van der Waals surface area contributed by atoms with Crippen LogP contribution in [0.5, 0.6) is 0 Å². The van der Waals surface area contributed by atoms with Crippen molar-refractivity contribution in [3.63, 3.8) is 0 Å². The summed E-state index contributed by atoms with van der Waals surface area (Å²) in [7, 11) is 0. The van der Waals surface area contributed by atoms with E-state index >= 15 is 0 Å². The Kier molecular flexibility index (Phi) is 5.06. The zero-order chi connectivity index (χ0) is 12.1. The average molecular weight is 247 g/mol. The van der Waals surface area contributed by atoms with Crippen molar-refractivity contribution in [2.75, 3.05) is 5.88 Å². The number of alkyl halides is 1. The van der Waals surface area contributed by atoms with Gasteiger partial charge in [-0.15, -0.1) is 11.6 Å². The summed E-state index contributed by atoms with van der Waals surface area (Å²) in [5.41, 5.74) is 0. The molecular formula is C11H19ClN2O2. The van der Waals surface area contributed by atoms with E-state index in [1.54, 1.807) is 0 Å². The Morgan fingerprint density at radius 3 is 2.56 bits per heavy atom. The smallest absolute Gasteiger partial charge is 0.321 e. The van der Waals surface area contributed by atoms with Crippen LogP contribution in [-0.2, 0) is 4.79 Å². The number of halogens is 1. The van der Waals surface area contributed by atoms with Crippen LogP contribution in [0.25, 0.3) is 0 Å². The first-order chi connectivity index (χ1) is 7.58. The molecule has 0 saturated heterocycles. The highest BCUT2D eigenvalue weighted by molar-refractivity contribution is 6.28. The van der Waals surface area contributed by atoms with Gasteiger partial charge in [0.05, 0.1) is 0 Å². The molecule has 0 aromatic rings. The minimum atomic E-state index is -0.461. The molecule has 1 rings (SSSR count). The molecule has 92 valence electrons. The SMILES string of the molecule is CCC1CCC(NC(=O)NC(=O)CCl)C1C. The van der Waals surface area contributed by atoms with Gasteiger partial charge in [-0.3, -0.25) is 10.1 Å². The van der Waals surface area contributed by atoms with Gasteiger partial charge >= 0.3 is 6.03 Å². The molecule has 0 bridgehead atoms. The lowest BCUT2D eigenvalue weighted by Crippen LogP contribution is -2.46. The Balaban J connectivity index is 2.38. The van der Waals surface area contributed by atoms with Gasteiger partial charge < -0.3 is 5.32 Å². The molecule has 0 aromatic carbocycles. The number of amides is 3. The summed E-state index contributed by atoms with van der Waals surface area (Å²) in [6, 6.07) is -0.257. The fourth-order valence-electron chi connectivity index (χ4n) is 2.39. The lowest BCUT2D eigenvalue weighted by molar-refractivity contribution is -0.117. The van der Waals surface area contributed by atoms with E-state index in [-0.39, 0.29) is 11.9 Å². The lowest BCUT2D eigenvalue weighted by atomic mass is 9.94. The molecular weight excluding hydrogens is 228 g/mol. The van der Waals surface area contributed by atoms with Crippen LogP contribution in [0, 0.1) is 11.8 Å². The van der Waals surface area contributed by atoms with Crippen LogP contribution in [0.4, 0.5) is 4.79 Å². The standard InChI is InChI=1S/C11H19ClN2O2/c1-3-8-4-5-9(7(8)2)13-11(16)14-10(15)6-12/h7-9H,3-6H2,1-2H3,(H2,13,14,15,16). The summed E-state index contributed by atoms with van der Waals surface area (Å²) in [4.78, 5) is 22.3. The molecule has 3 unspecified atom stereocenters. The lowest BCUT2D eigenvalue weighted by Gasteiger charge is -2.20. The highest BCUT2D eigenvalue weighted by Crippen LogP contribution is 2.33. The molecule has 1 aliphatic carbocycles. The molecule has 0 aliphatic heterocycles. The maximum absolute atomic E-state index is 11.4. The predicted octanol–water partition coefficient (Wildman–Crippen LogP) is 1.88. The van der Waals surface area contributed by atoms with Gasteiger partial charge in [0.25, 0.3) is 0 Å². The van der Waals surface area contributed by atoms with E-state index in [4.69, 9.17) is 11.6 Å². The van der Waals surface area contributed by atoms with Gasteiger partial charge in [0, 0.05) is 6.04 Å². The van der Waals surface area contributed by atoms with Gasteiger partial charge in [-0.2, -0.15) is 0 Å². The number of imide groups is 1. The van der Waals surface area contributed by atoms with Crippen molar-refractivity contribution in [3.8, 4) is 0 Å². The molecule has 0 heterocycles. The minimum absolute atomic E-state index is 0.174. The highest BCUT2D eigenvalue weighted by Gasteiger charge is 2.32. The zero-order valence-corrected chi connectivity index (χ0v) is 10.5. The van der Waals surface area contributed by atoms with Crippen LogP contribution in [0.2, 0.25) is 0 Å². The quantitative estimate of drug-likeness (QED) is 0.747. The molecule has 5 heteroatoms. The Hall–Kier alpha value is -0.770. The van der Waals surface area contributed by atoms with Crippen molar-refractivity contribution in [2.45, 2.75) is 39.2 Å². The zero-order valence-electron chi connectivity index (χ0n) is 9.75. The number of carbonyl (C=O) groups excluding carboxylic acids is 2. The number of hydrogen-bond donors (Lipinski definition) is 2. The van der Waals surface area contributed by atoms with E-state index in [0.29, 0.717) is 11.8 Å². The van der Waals surface area contributed by atoms with Crippen molar-refractivity contribution in [1.82, 2.24) is 10.6 Å². The molecule has 1 aliphatic rings. The molecule has 1 saturated carbocycles. The third-order valence-corrected chi connectivity index (χ3v) is 3.68. The summed E-state index contributed by atoms with van der Waals surface area (Å²) in [6.45, 7) is 4.32. The molecule has 4 nitrogen and oxygen atoms in total. The molecule has 2 N–H and O–H groups in total. The Labute approximate surface area is 101 Å². The Morgan fingerprint density at radius 1 is 1.38 bits per heavy atom. The van der Waals surface area contributed by atoms with Crippen molar-refractivity contribution >= 4 is 23.5 Å². The maximum atomic E-state index is 11.4. The number of urea groups is 1. The van der Waals surface area contributed by atoms with E-state index < -0.39 is 11.9 Å². The van der Waals surface area contributed by atoms with Crippen molar-refractivity contribution in [1.29, 1.82) is 0 Å². The Morgan fingerprint density at radius 2 is 2.06 bits per heavy atom. The van der Waals surface area contributed by atoms with Crippen molar-refractivity contribution < 1.29 is 9.59 Å². The second-order valence-electron chi connectivity index (χ2n) is 4.37. The number of hydrogen-bond acceptors (Lipinski definition) is 2. The second kappa shape index (κ2) is 6.09. The van der Waals surface area contributed by atoms with Gasteiger partial charge in [-0.1, -0.05) is 20.3 Å². The van der Waals surface area contributed by atoms with Crippen LogP contribution in [0.15, 0.2) is 0 Å². The third kappa shape index (κ3) is 3.37. The summed E-state index contributed by atoms with van der Waals surface area (Å²) in [6.07, 6.45) is 3.27. The largest absolute Gasteiger partial charge is 0.335 e. The van der Waals surface area contributed by atoms with Crippen LogP contribution >= 0.6 is 11.6 Å². The van der Waals surface area contributed by atoms with Gasteiger partial charge in [0.15, 0.2) is 0 Å². The Bertz CT molecular complexity index is 271. The molecule has 3 amide bonds. The predicted molar refractivity (Wildman–Crippen MR) is 63.4 cm³/mol. The molecule has 3 atom stereocenters. The molecule has 0 aromatic heterocycles. The third-order valence-electron chi connectivity index (χ3n) is 3.44. The number of nitrogens with one attached hydrogen (secondary N) is 2. The van der Waals surface area contributed by atoms with Gasteiger partial charge in [-0.25, -0.2) is 4.79 Å². The minimum Gasteiger partial charge on any atom is -0.335 e. The fraction of sp³-hybridized carbons (Fsp3) is 0.818. The average Bonchev–Trinajstić information content (AvgIpc) is 2.59. The first kappa shape index (κ1) is 13.3. The summed E-state index contributed by atoms with van der Waals surface area (Å²) < 4.78 is 0. The number of carbonyl (C=O) groups is 2. The molecule has 16 heavy (non-hydrogen) atoms. The molecule has 0 spiro atoms. The monoisotopic (exact) mass is 246 g/mol. The van der Waals surface area contributed by atoms with Crippen LogP contribution in [0.3, 0.4) is 0 Å². The van der Waals surface area contributed by atoms with Crippen molar-refractivity contribution in [2.24, 2.45) is 11.8 Å². The van der Waals surface area contributed by atoms with Gasteiger partial charge in [0.1, 0.15) is 5.88 Å². The summed E-state index contributed by atoms with van der Waals surface area (Å²) in [5, 5.41) is 5.02. The number of rotatable bonds is 3. The van der Waals surface area contributed by atoms with E-state index in [1.807, 2.05) is 0 Å². The van der Waals surface area contributed by atoms with Crippen LogP contribution < -0.4 is 10.6 Å². The maximum Gasteiger partial charge on any atom is 0.321 e. The first-order valence-electron chi connectivity index (χ1n) is 5.74. The fourth-order valence-corrected chi connectivity index (χ4v) is 2.46. The normalized spacial score (nSPS) is 28.8. The highest BCUT2D eigenvalue weighted by atomic mass is 35.5. The van der Waals surface area contributed by atoms with E-state index in [1.165, 1.54) is 0 Å². The van der Waals surface area contributed by atoms with Crippen molar-refractivity contribution in [3.05, 3.63) is 0 Å². The van der Waals surface area contributed by atoms with Crippen LogP contribution in [0.1, 0.15) is 33.1 Å². The van der Waals surface area contributed by atoms with E-state index in [0.717, 1.165) is 19.3 Å². The first-order valence-corrected chi connectivity index (χ1v) is 6.28. The second-order valence-corrected chi connectivity index (χ2v) is 4.63. The summed E-state index contributed by atoms with van der Waals surface area (Å²) in [5.74, 6) is 0.498.